The van der Waals surface area contributed by atoms with Gasteiger partial charge in [0.05, 0.1) is 11.3 Å². The van der Waals surface area contributed by atoms with Crippen LogP contribution in [0.2, 0.25) is 0 Å². The highest BCUT2D eigenvalue weighted by Gasteiger charge is 2.26. The molecule has 28 heavy (non-hydrogen) atoms. The fourth-order valence-electron chi connectivity index (χ4n) is 4.03. The van der Waals surface area contributed by atoms with E-state index < -0.39 is 0 Å². The summed E-state index contributed by atoms with van der Waals surface area (Å²) in [5, 5.41) is 6.51. The van der Waals surface area contributed by atoms with Crippen molar-refractivity contribution < 1.29 is 9.53 Å². The van der Waals surface area contributed by atoms with Gasteiger partial charge in [0.2, 0.25) is 0 Å². The number of nitrogens with one attached hydrogen (secondary N) is 2. The number of thioether (sulfide) groups is 1. The van der Waals surface area contributed by atoms with Crippen molar-refractivity contribution in [2.24, 2.45) is 0 Å². The maximum atomic E-state index is 13.0. The Balaban J connectivity index is 1.50. The summed E-state index contributed by atoms with van der Waals surface area (Å²) in [6.07, 6.45) is 2.98. The predicted molar refractivity (Wildman–Crippen MR) is 115 cm³/mol. The van der Waals surface area contributed by atoms with E-state index in [1.807, 2.05) is 18.4 Å². The Hall–Kier alpha value is -2.18. The molecule has 2 aliphatic heterocycles. The molecule has 5 nitrogen and oxygen atoms in total. The Bertz CT molecular complexity index is 871. The van der Waals surface area contributed by atoms with Crippen LogP contribution in [0.3, 0.4) is 0 Å². The lowest BCUT2D eigenvalue weighted by Crippen LogP contribution is -2.47. The molecule has 0 aliphatic carbocycles. The summed E-state index contributed by atoms with van der Waals surface area (Å²) >= 11 is 1.63. The monoisotopic (exact) mass is 397 g/mol. The summed E-state index contributed by atoms with van der Waals surface area (Å²) in [4.78, 5) is 16.5. The fourth-order valence-corrected chi connectivity index (χ4v) is 4.50. The van der Waals surface area contributed by atoms with Gasteiger partial charge in [-0.1, -0.05) is 31.2 Å². The van der Waals surface area contributed by atoms with Crippen LogP contribution >= 0.6 is 11.8 Å². The normalized spacial score (nSPS) is 18.4. The van der Waals surface area contributed by atoms with Gasteiger partial charge >= 0.3 is 0 Å². The molecule has 4 rings (SSSR count). The quantitative estimate of drug-likeness (QED) is 0.758. The number of fused-ring (bicyclic) bond motifs is 2. The second-order valence-corrected chi connectivity index (χ2v) is 8.11. The summed E-state index contributed by atoms with van der Waals surface area (Å²) in [6.45, 7) is 6.07. The van der Waals surface area contributed by atoms with E-state index in [1.54, 1.807) is 11.8 Å². The number of likely N-dealkylation sites (N-methyl/N-ethyl adjacent to an activating group) is 1. The summed E-state index contributed by atoms with van der Waals surface area (Å²) < 4.78 is 5.81. The average molecular weight is 398 g/mol. The lowest BCUT2D eigenvalue weighted by Gasteiger charge is -2.36. The molecule has 6 heteroatoms. The first-order chi connectivity index (χ1) is 13.7. The van der Waals surface area contributed by atoms with Crippen molar-refractivity contribution >= 4 is 23.4 Å². The minimum absolute atomic E-state index is 0.0641. The third-order valence-corrected chi connectivity index (χ3v) is 6.28. The van der Waals surface area contributed by atoms with E-state index in [0.29, 0.717) is 30.5 Å². The highest BCUT2D eigenvalue weighted by atomic mass is 32.2. The van der Waals surface area contributed by atoms with Gasteiger partial charge in [-0.05, 0) is 42.5 Å². The maximum Gasteiger partial charge on any atom is 0.255 e. The second kappa shape index (κ2) is 8.45. The van der Waals surface area contributed by atoms with Crippen LogP contribution in [-0.4, -0.2) is 49.3 Å². The van der Waals surface area contributed by atoms with E-state index in [4.69, 9.17) is 4.74 Å². The second-order valence-electron chi connectivity index (χ2n) is 7.23. The highest BCUT2D eigenvalue weighted by molar-refractivity contribution is 7.98. The summed E-state index contributed by atoms with van der Waals surface area (Å²) in [6, 6.07) is 12.9. The minimum Gasteiger partial charge on any atom is -0.489 e. The number of ether oxygens (including phenoxy) is 1. The molecule has 2 heterocycles. The van der Waals surface area contributed by atoms with Crippen molar-refractivity contribution in [2.45, 2.75) is 30.8 Å². The molecule has 0 fully saturated rings. The molecule has 0 radical (unpaired) electrons. The Morgan fingerprint density at radius 1 is 1.32 bits per heavy atom. The molecule has 0 saturated heterocycles. The zero-order valence-corrected chi connectivity index (χ0v) is 17.3. The Morgan fingerprint density at radius 3 is 2.93 bits per heavy atom. The minimum atomic E-state index is -0.0641. The van der Waals surface area contributed by atoms with Crippen molar-refractivity contribution in [2.75, 3.05) is 37.8 Å². The van der Waals surface area contributed by atoms with Crippen LogP contribution in [0.4, 0.5) is 5.69 Å². The zero-order valence-electron chi connectivity index (χ0n) is 16.5. The molecule has 2 N–H and O–H groups in total. The first-order valence-corrected chi connectivity index (χ1v) is 11.1. The number of benzene rings is 2. The van der Waals surface area contributed by atoms with Gasteiger partial charge in [-0.2, -0.15) is 0 Å². The van der Waals surface area contributed by atoms with Crippen molar-refractivity contribution in [3.8, 4) is 5.75 Å². The first-order valence-electron chi connectivity index (χ1n) is 9.87. The fraction of sp³-hybridized carbons (Fsp3) is 0.409. The number of rotatable bonds is 5. The number of hydrogen-bond acceptors (Lipinski definition) is 5. The number of hydrogen-bond donors (Lipinski definition) is 2. The van der Waals surface area contributed by atoms with Gasteiger partial charge in [-0.3, -0.25) is 9.69 Å². The van der Waals surface area contributed by atoms with E-state index in [0.717, 1.165) is 36.6 Å². The molecule has 0 spiro atoms. The van der Waals surface area contributed by atoms with Crippen LogP contribution < -0.4 is 15.4 Å². The lowest BCUT2D eigenvalue weighted by molar-refractivity contribution is 0.0923. The molecule has 0 bridgehead atoms. The lowest BCUT2D eigenvalue weighted by atomic mass is 9.94. The van der Waals surface area contributed by atoms with Crippen LogP contribution in [0.1, 0.15) is 28.4 Å². The van der Waals surface area contributed by atoms with Gasteiger partial charge in [-0.25, -0.2) is 0 Å². The van der Waals surface area contributed by atoms with Gasteiger partial charge in [0.25, 0.3) is 5.91 Å². The van der Waals surface area contributed by atoms with E-state index in [1.165, 1.54) is 11.1 Å². The van der Waals surface area contributed by atoms with Crippen LogP contribution in [0.25, 0.3) is 0 Å². The van der Waals surface area contributed by atoms with E-state index in [9.17, 15) is 4.79 Å². The standard InChI is InChI=1S/C22H27N3O2S/c1-3-25-14-16-7-5-4-6-15(16)10-17(25)13-24-22(26)19-11-18(28-2)12-20-21(19)27-9-8-23-20/h4-7,11-12,17,23H,3,8-10,13-14H2,1-2H3,(H,24,26)/t17-/m1/s1. The Labute approximate surface area is 170 Å². The number of anilines is 1. The number of nitrogens with zero attached hydrogens (tertiary/aromatic N) is 1. The van der Waals surface area contributed by atoms with Crippen molar-refractivity contribution in [3.05, 3.63) is 53.1 Å². The molecule has 1 amide bonds. The average Bonchev–Trinajstić information content (AvgIpc) is 2.75. The Morgan fingerprint density at radius 2 is 2.14 bits per heavy atom. The smallest absolute Gasteiger partial charge is 0.255 e. The zero-order chi connectivity index (χ0) is 19.5. The molecule has 2 aliphatic rings. The molecule has 0 aromatic heterocycles. The maximum absolute atomic E-state index is 13.0. The first kappa shape index (κ1) is 19.2. The SMILES string of the molecule is CCN1Cc2ccccc2C[C@@H]1CNC(=O)c1cc(SC)cc2c1OCCN2. The van der Waals surface area contributed by atoms with Gasteiger partial charge in [0.15, 0.2) is 5.75 Å². The molecule has 2 aromatic rings. The van der Waals surface area contributed by atoms with Crippen LogP contribution in [0.15, 0.2) is 41.3 Å². The van der Waals surface area contributed by atoms with Gasteiger partial charge in [-0.15, -0.1) is 11.8 Å². The number of carbonyl (C=O) groups is 1. The van der Waals surface area contributed by atoms with Crippen molar-refractivity contribution in [1.29, 1.82) is 0 Å². The molecule has 1 atom stereocenters. The number of carbonyl (C=O) groups excluding carboxylic acids is 1. The third kappa shape index (κ3) is 3.84. The number of amides is 1. The summed E-state index contributed by atoms with van der Waals surface area (Å²) in [5.74, 6) is 0.605. The van der Waals surface area contributed by atoms with Crippen molar-refractivity contribution in [3.63, 3.8) is 0 Å². The van der Waals surface area contributed by atoms with Crippen LogP contribution in [0.5, 0.6) is 5.75 Å². The third-order valence-electron chi connectivity index (χ3n) is 5.57. The van der Waals surface area contributed by atoms with Gasteiger partial charge in [0.1, 0.15) is 6.61 Å². The molecular formula is C22H27N3O2S. The Kier molecular flexibility index (Phi) is 5.78. The van der Waals surface area contributed by atoms with E-state index in [-0.39, 0.29) is 5.91 Å². The van der Waals surface area contributed by atoms with E-state index in [2.05, 4.69) is 46.7 Å². The largest absolute Gasteiger partial charge is 0.489 e. The molecule has 0 unspecified atom stereocenters. The van der Waals surface area contributed by atoms with Crippen LogP contribution in [-0.2, 0) is 13.0 Å². The highest BCUT2D eigenvalue weighted by Crippen LogP contribution is 2.35. The molecular weight excluding hydrogens is 370 g/mol. The predicted octanol–water partition coefficient (Wildman–Crippen LogP) is 3.39. The molecule has 2 aromatic carbocycles. The van der Waals surface area contributed by atoms with Gasteiger partial charge in [0, 0.05) is 30.6 Å². The van der Waals surface area contributed by atoms with Gasteiger partial charge < -0.3 is 15.4 Å². The molecule has 0 saturated carbocycles. The molecule has 148 valence electrons. The summed E-state index contributed by atoms with van der Waals surface area (Å²) in [5.41, 5.74) is 4.31. The van der Waals surface area contributed by atoms with Crippen LogP contribution in [0, 0.1) is 0 Å². The summed E-state index contributed by atoms with van der Waals surface area (Å²) in [7, 11) is 0. The van der Waals surface area contributed by atoms with Crippen molar-refractivity contribution in [1.82, 2.24) is 10.2 Å². The van der Waals surface area contributed by atoms with E-state index >= 15 is 0 Å². The topological polar surface area (TPSA) is 53.6 Å².